The van der Waals surface area contributed by atoms with Gasteiger partial charge in [-0.15, -0.1) is 0 Å². The molecule has 1 aliphatic heterocycles. The molecule has 1 aliphatic rings. The minimum absolute atomic E-state index is 0.142. The molecule has 0 amide bonds. The van der Waals surface area contributed by atoms with Gasteiger partial charge in [-0.1, -0.05) is 109 Å². The van der Waals surface area contributed by atoms with E-state index in [2.05, 4.69) is 137 Å². The number of nitrogens with zero attached hydrogens (tertiary/aromatic N) is 2. The molecule has 1 atom stereocenters. The van der Waals surface area contributed by atoms with Crippen LogP contribution in [0.5, 0.6) is 0 Å². The number of benzene rings is 6. The molecule has 0 saturated heterocycles. The quantitative estimate of drug-likeness (QED) is 0.238. The van der Waals surface area contributed by atoms with Crippen molar-refractivity contribution in [1.29, 1.82) is 0 Å². The lowest BCUT2D eigenvalue weighted by molar-refractivity contribution is 0.669. The van der Waals surface area contributed by atoms with Crippen LogP contribution in [0.3, 0.4) is 0 Å². The Balaban J connectivity index is 1.27. The number of hydrogen-bond acceptors (Lipinski definition) is 3. The van der Waals surface area contributed by atoms with Gasteiger partial charge >= 0.3 is 0 Å². The standard InChI is InChI=1S/C38H25N3O/c1-2-10-24(11-3-1)25-18-20-26(21-19-25)37-29-14-4-7-15-32(29)39-38(40-37)41-33-16-8-5-12-27(33)30-23-36-31(22-34(30)41)28-13-6-9-17-35(28)42-36/h1-23,37H,(H,39,40). The maximum Gasteiger partial charge on any atom is 0.208 e. The van der Waals surface area contributed by atoms with Gasteiger partial charge in [0.2, 0.25) is 5.96 Å². The Hall–Kier alpha value is -5.61. The molecule has 8 aromatic rings. The minimum Gasteiger partial charge on any atom is -0.456 e. The molecule has 9 rings (SSSR count). The number of hydrogen-bond donors (Lipinski definition) is 1. The molecule has 1 N–H and O–H groups in total. The van der Waals surface area contributed by atoms with Gasteiger partial charge in [-0.2, -0.15) is 0 Å². The predicted octanol–water partition coefficient (Wildman–Crippen LogP) is 9.78. The zero-order valence-corrected chi connectivity index (χ0v) is 22.7. The molecule has 0 radical (unpaired) electrons. The van der Waals surface area contributed by atoms with Gasteiger partial charge in [-0.05, 0) is 47.0 Å². The van der Waals surface area contributed by atoms with Gasteiger partial charge in [-0.25, -0.2) is 4.99 Å². The van der Waals surface area contributed by atoms with Crippen molar-refractivity contribution in [2.45, 2.75) is 6.04 Å². The van der Waals surface area contributed by atoms with Crippen LogP contribution >= 0.6 is 0 Å². The maximum atomic E-state index is 6.27. The number of aromatic nitrogens is 1. The fraction of sp³-hybridized carbons (Fsp3) is 0.0263. The number of para-hydroxylation sites is 3. The number of furan rings is 1. The topological polar surface area (TPSA) is 42.5 Å². The van der Waals surface area contributed by atoms with Crippen molar-refractivity contribution in [2.24, 2.45) is 4.99 Å². The van der Waals surface area contributed by atoms with E-state index in [9.17, 15) is 0 Å². The van der Waals surface area contributed by atoms with Crippen LogP contribution in [0.15, 0.2) is 149 Å². The summed E-state index contributed by atoms with van der Waals surface area (Å²) in [5, 5.41) is 8.22. The predicted molar refractivity (Wildman–Crippen MR) is 173 cm³/mol. The normalized spacial score (nSPS) is 14.8. The van der Waals surface area contributed by atoms with Gasteiger partial charge in [0.15, 0.2) is 0 Å². The lowest BCUT2D eigenvalue weighted by Crippen LogP contribution is -2.27. The first-order valence-electron chi connectivity index (χ1n) is 14.3. The Labute approximate surface area is 242 Å². The van der Waals surface area contributed by atoms with E-state index in [0.29, 0.717) is 0 Å². The molecule has 0 fully saturated rings. The van der Waals surface area contributed by atoms with E-state index >= 15 is 0 Å². The van der Waals surface area contributed by atoms with E-state index in [1.54, 1.807) is 0 Å². The first-order chi connectivity index (χ1) is 20.8. The van der Waals surface area contributed by atoms with Crippen molar-refractivity contribution >= 4 is 55.4 Å². The van der Waals surface area contributed by atoms with Gasteiger partial charge in [0, 0.05) is 32.8 Å². The van der Waals surface area contributed by atoms with Crippen LogP contribution in [-0.2, 0) is 0 Å². The van der Waals surface area contributed by atoms with Crippen molar-refractivity contribution in [3.8, 4) is 11.1 Å². The van der Waals surface area contributed by atoms with Crippen LogP contribution in [-0.4, -0.2) is 10.5 Å². The third-order valence-corrected chi connectivity index (χ3v) is 8.47. The molecule has 42 heavy (non-hydrogen) atoms. The zero-order chi connectivity index (χ0) is 27.6. The van der Waals surface area contributed by atoms with Gasteiger partial charge in [-0.3, -0.25) is 4.57 Å². The number of anilines is 1. The Bertz CT molecular complexity index is 2320. The fourth-order valence-corrected chi connectivity index (χ4v) is 6.47. The van der Waals surface area contributed by atoms with Gasteiger partial charge in [0.25, 0.3) is 0 Å². The zero-order valence-electron chi connectivity index (χ0n) is 22.7. The summed E-state index contributed by atoms with van der Waals surface area (Å²) in [6.45, 7) is 0. The molecule has 0 spiro atoms. The third-order valence-electron chi connectivity index (χ3n) is 8.47. The summed E-state index contributed by atoms with van der Waals surface area (Å²) in [7, 11) is 0. The van der Waals surface area contributed by atoms with E-state index < -0.39 is 0 Å². The second-order valence-corrected chi connectivity index (χ2v) is 10.9. The van der Waals surface area contributed by atoms with Crippen molar-refractivity contribution < 1.29 is 4.42 Å². The highest BCUT2D eigenvalue weighted by Gasteiger charge is 2.26. The maximum absolute atomic E-state index is 6.27. The van der Waals surface area contributed by atoms with E-state index in [1.165, 1.54) is 16.5 Å². The van der Waals surface area contributed by atoms with Crippen LogP contribution in [0.2, 0.25) is 0 Å². The van der Waals surface area contributed by atoms with Crippen LogP contribution < -0.4 is 5.32 Å². The number of fused-ring (bicyclic) bond motifs is 7. The summed E-state index contributed by atoms with van der Waals surface area (Å²) < 4.78 is 8.54. The van der Waals surface area contributed by atoms with Crippen LogP contribution in [0.1, 0.15) is 17.2 Å². The average molecular weight is 540 g/mol. The molecule has 1 unspecified atom stereocenters. The molecule has 6 aromatic carbocycles. The Morgan fingerprint density at radius 3 is 2.14 bits per heavy atom. The van der Waals surface area contributed by atoms with Crippen molar-refractivity contribution in [2.75, 3.05) is 5.32 Å². The lowest BCUT2D eigenvalue weighted by atomic mass is 9.94. The highest BCUT2D eigenvalue weighted by Crippen LogP contribution is 2.40. The molecule has 0 bridgehead atoms. The summed E-state index contributed by atoms with van der Waals surface area (Å²) in [6.07, 6.45) is 0. The summed E-state index contributed by atoms with van der Waals surface area (Å²) in [5.74, 6) is 0.809. The molecule has 0 aliphatic carbocycles. The molecule has 4 heteroatoms. The summed E-state index contributed by atoms with van der Waals surface area (Å²) in [6, 6.07) is 48.9. The molecule has 4 nitrogen and oxygen atoms in total. The second-order valence-electron chi connectivity index (χ2n) is 10.9. The van der Waals surface area contributed by atoms with Crippen LogP contribution in [0.4, 0.5) is 5.69 Å². The first-order valence-corrected chi connectivity index (χ1v) is 14.3. The van der Waals surface area contributed by atoms with Crippen molar-refractivity contribution in [3.63, 3.8) is 0 Å². The summed E-state index contributed by atoms with van der Waals surface area (Å²) in [4.78, 5) is 5.41. The lowest BCUT2D eigenvalue weighted by Gasteiger charge is -2.26. The van der Waals surface area contributed by atoms with Crippen LogP contribution in [0.25, 0.3) is 54.9 Å². The SMILES string of the molecule is c1ccc(-c2ccc(C3N=C(n4c5ccccc5c5cc6oc7ccccc7c6cc54)Nc4ccccc43)cc2)cc1. The molecular formula is C38H25N3O. The summed E-state index contributed by atoms with van der Waals surface area (Å²) >= 11 is 0. The Kier molecular flexibility index (Phi) is 4.93. The first kappa shape index (κ1) is 23.1. The third kappa shape index (κ3) is 3.45. The summed E-state index contributed by atoms with van der Waals surface area (Å²) in [5.41, 5.74) is 9.80. The number of rotatable bonds is 2. The fourth-order valence-electron chi connectivity index (χ4n) is 6.47. The molecular weight excluding hydrogens is 514 g/mol. The Morgan fingerprint density at radius 1 is 0.548 bits per heavy atom. The van der Waals surface area contributed by atoms with Gasteiger partial charge in [0.05, 0.1) is 11.0 Å². The molecule has 2 aromatic heterocycles. The van der Waals surface area contributed by atoms with E-state index in [-0.39, 0.29) is 6.04 Å². The average Bonchev–Trinajstić information content (AvgIpc) is 3.58. The second kappa shape index (κ2) is 8.95. The Morgan fingerprint density at radius 2 is 1.26 bits per heavy atom. The highest BCUT2D eigenvalue weighted by molar-refractivity contribution is 6.21. The van der Waals surface area contributed by atoms with Crippen molar-refractivity contribution in [3.05, 3.63) is 151 Å². The van der Waals surface area contributed by atoms with E-state index in [0.717, 1.165) is 61.1 Å². The van der Waals surface area contributed by atoms with E-state index in [1.807, 2.05) is 12.1 Å². The monoisotopic (exact) mass is 539 g/mol. The number of nitrogens with one attached hydrogen (secondary N) is 1. The van der Waals surface area contributed by atoms with Gasteiger partial charge in [0.1, 0.15) is 17.2 Å². The smallest absolute Gasteiger partial charge is 0.208 e. The minimum atomic E-state index is -0.142. The molecule has 3 heterocycles. The van der Waals surface area contributed by atoms with Gasteiger partial charge < -0.3 is 9.73 Å². The van der Waals surface area contributed by atoms with Crippen LogP contribution in [0, 0.1) is 0 Å². The van der Waals surface area contributed by atoms with E-state index in [4.69, 9.17) is 9.41 Å². The molecule has 0 saturated carbocycles. The largest absolute Gasteiger partial charge is 0.456 e. The number of aliphatic imine (C=N–C) groups is 1. The molecule has 198 valence electrons. The highest BCUT2D eigenvalue weighted by atomic mass is 16.3. The van der Waals surface area contributed by atoms with Crippen molar-refractivity contribution in [1.82, 2.24) is 4.57 Å².